The minimum Gasteiger partial charge on any atom is -0.406 e. The van der Waals surface area contributed by atoms with E-state index >= 15 is 0 Å². The molecule has 0 unspecified atom stereocenters. The maximum Gasteiger partial charge on any atom is 0.573 e. The molecule has 6 heteroatoms. The Bertz CT molecular complexity index is 441. The number of ether oxygens (including phenoxy) is 1. The maximum atomic E-state index is 12.1. The molecule has 0 aliphatic rings. The van der Waals surface area contributed by atoms with E-state index in [1.807, 2.05) is 0 Å². The van der Waals surface area contributed by atoms with Crippen LogP contribution in [0.1, 0.15) is 22.3 Å². The number of hydrogen-bond donors (Lipinski definition) is 0. The van der Waals surface area contributed by atoms with Crippen LogP contribution in [0.2, 0.25) is 0 Å². The molecule has 98 valence electrons. The lowest BCUT2D eigenvalue weighted by molar-refractivity contribution is -0.274. The van der Waals surface area contributed by atoms with Crippen molar-refractivity contribution in [2.24, 2.45) is 0 Å². The minimum atomic E-state index is -4.77. The summed E-state index contributed by atoms with van der Waals surface area (Å²) in [6.45, 7) is 0. The Balaban J connectivity index is 2.98. The van der Waals surface area contributed by atoms with E-state index in [0.29, 0.717) is 11.8 Å². The summed E-state index contributed by atoms with van der Waals surface area (Å²) in [4.78, 5) is 10.6. The molecule has 0 aliphatic carbocycles. The van der Waals surface area contributed by atoms with Crippen LogP contribution < -0.4 is 4.74 Å². The maximum absolute atomic E-state index is 12.1. The number of alkyl halides is 4. The second kappa shape index (κ2) is 6.58. The van der Waals surface area contributed by atoms with Crippen molar-refractivity contribution in [3.05, 3.63) is 35.4 Å². The summed E-state index contributed by atoms with van der Waals surface area (Å²) < 4.78 is 40.0. The van der Waals surface area contributed by atoms with E-state index < -0.39 is 12.1 Å². The third-order valence-electron chi connectivity index (χ3n) is 1.91. The van der Waals surface area contributed by atoms with Gasteiger partial charge in [-0.3, -0.25) is 4.79 Å². The van der Waals surface area contributed by atoms with Gasteiger partial charge in [0.25, 0.3) is 0 Å². The molecular weight excluding hydrogens is 313 g/mol. The van der Waals surface area contributed by atoms with Crippen LogP contribution in [0.3, 0.4) is 0 Å². The number of carbonyl (C=O) groups excluding carboxylic acids is 1. The molecular formula is C12H10BrF3O2. The van der Waals surface area contributed by atoms with Crippen LogP contribution in [0.25, 0.3) is 6.08 Å². The van der Waals surface area contributed by atoms with Crippen molar-refractivity contribution < 1.29 is 22.7 Å². The van der Waals surface area contributed by atoms with Crippen molar-refractivity contribution in [2.75, 3.05) is 5.33 Å². The molecule has 0 atom stereocenters. The monoisotopic (exact) mass is 322 g/mol. The van der Waals surface area contributed by atoms with Gasteiger partial charge in [0.05, 0.1) is 0 Å². The normalized spacial score (nSPS) is 11.8. The van der Waals surface area contributed by atoms with E-state index in [4.69, 9.17) is 0 Å². The summed E-state index contributed by atoms with van der Waals surface area (Å²) in [5.74, 6) is -0.398. The summed E-state index contributed by atoms with van der Waals surface area (Å²) in [5.41, 5.74) is 0.620. The second-order valence-electron chi connectivity index (χ2n) is 3.38. The molecule has 0 bridgehead atoms. The highest BCUT2D eigenvalue weighted by molar-refractivity contribution is 9.09. The van der Waals surface area contributed by atoms with Gasteiger partial charge in [0.1, 0.15) is 12.0 Å². The molecule has 0 spiro atoms. The van der Waals surface area contributed by atoms with Crippen LogP contribution in [0.4, 0.5) is 13.2 Å². The quantitative estimate of drug-likeness (QED) is 0.600. The Kier molecular flexibility index (Phi) is 5.40. The third kappa shape index (κ3) is 5.35. The lowest BCUT2D eigenvalue weighted by Crippen LogP contribution is -2.17. The molecule has 1 aromatic carbocycles. The molecule has 0 aliphatic heterocycles. The molecule has 0 saturated carbocycles. The van der Waals surface area contributed by atoms with Crippen molar-refractivity contribution in [2.45, 2.75) is 12.8 Å². The van der Waals surface area contributed by atoms with Crippen LogP contribution in [0.15, 0.2) is 24.3 Å². The lowest BCUT2D eigenvalue weighted by atomic mass is 10.1. The van der Waals surface area contributed by atoms with Crippen LogP contribution >= 0.6 is 15.9 Å². The molecule has 0 saturated heterocycles. The van der Waals surface area contributed by atoms with Gasteiger partial charge in [0.2, 0.25) is 0 Å². The molecule has 0 aromatic heterocycles. The Labute approximate surface area is 111 Å². The first-order valence-electron chi connectivity index (χ1n) is 5.03. The van der Waals surface area contributed by atoms with Gasteiger partial charge < -0.3 is 4.74 Å². The van der Waals surface area contributed by atoms with Gasteiger partial charge in [-0.1, -0.05) is 28.1 Å². The highest BCUT2D eigenvalue weighted by Gasteiger charge is 2.31. The fourth-order valence-electron chi connectivity index (χ4n) is 1.29. The highest BCUT2D eigenvalue weighted by atomic mass is 79.9. The number of carbonyl (C=O) groups is 1. The highest BCUT2D eigenvalue weighted by Crippen LogP contribution is 2.25. The van der Waals surface area contributed by atoms with E-state index in [9.17, 15) is 18.0 Å². The van der Waals surface area contributed by atoms with Gasteiger partial charge in [-0.15, -0.1) is 13.2 Å². The lowest BCUT2D eigenvalue weighted by Gasteiger charge is -2.09. The molecule has 1 rings (SSSR count). The first-order chi connectivity index (χ1) is 8.44. The van der Waals surface area contributed by atoms with Crippen LogP contribution in [0, 0.1) is 0 Å². The van der Waals surface area contributed by atoms with Crippen molar-refractivity contribution in [3.8, 4) is 5.75 Å². The van der Waals surface area contributed by atoms with Gasteiger partial charge in [-0.25, -0.2) is 0 Å². The molecule has 0 N–H and O–H groups in total. The summed E-state index contributed by atoms with van der Waals surface area (Å²) >= 11 is 3.22. The van der Waals surface area contributed by atoms with Crippen molar-refractivity contribution in [1.82, 2.24) is 0 Å². The number of aldehydes is 1. The summed E-state index contributed by atoms with van der Waals surface area (Å²) in [5, 5.41) is 0.753. The number of rotatable bonds is 5. The van der Waals surface area contributed by atoms with Gasteiger partial charge in [-0.05, 0) is 30.2 Å². The Morgan fingerprint density at radius 2 is 1.89 bits per heavy atom. The molecule has 0 fully saturated rings. The van der Waals surface area contributed by atoms with Crippen molar-refractivity contribution in [3.63, 3.8) is 0 Å². The first-order valence-corrected chi connectivity index (χ1v) is 6.15. The topological polar surface area (TPSA) is 26.3 Å². The van der Waals surface area contributed by atoms with E-state index in [1.54, 1.807) is 12.2 Å². The Morgan fingerprint density at radius 1 is 1.22 bits per heavy atom. The molecule has 1 aromatic rings. The average Bonchev–Trinajstić information content (AvgIpc) is 2.26. The van der Waals surface area contributed by atoms with Crippen LogP contribution in [-0.4, -0.2) is 18.0 Å². The molecule has 0 heterocycles. The summed E-state index contributed by atoms with van der Waals surface area (Å²) in [7, 11) is 0. The van der Waals surface area contributed by atoms with Gasteiger partial charge in [0, 0.05) is 10.9 Å². The van der Waals surface area contributed by atoms with E-state index in [0.717, 1.165) is 17.8 Å². The zero-order chi connectivity index (χ0) is 13.6. The Morgan fingerprint density at radius 3 is 2.44 bits per heavy atom. The van der Waals surface area contributed by atoms with E-state index in [-0.39, 0.29) is 5.56 Å². The van der Waals surface area contributed by atoms with Gasteiger partial charge in [0.15, 0.2) is 0 Å². The van der Waals surface area contributed by atoms with E-state index in [2.05, 4.69) is 20.7 Å². The number of hydrogen-bond acceptors (Lipinski definition) is 2. The van der Waals surface area contributed by atoms with Crippen molar-refractivity contribution in [1.29, 1.82) is 0 Å². The predicted molar refractivity (Wildman–Crippen MR) is 66.0 cm³/mol. The zero-order valence-electron chi connectivity index (χ0n) is 9.21. The first kappa shape index (κ1) is 14.8. The fourth-order valence-corrected chi connectivity index (χ4v) is 1.55. The van der Waals surface area contributed by atoms with E-state index in [1.165, 1.54) is 12.1 Å². The number of allylic oxidation sites excluding steroid dienone is 1. The molecule has 0 amide bonds. The molecule has 0 radical (unpaired) electrons. The molecule has 18 heavy (non-hydrogen) atoms. The zero-order valence-corrected chi connectivity index (χ0v) is 10.8. The van der Waals surface area contributed by atoms with Gasteiger partial charge in [-0.2, -0.15) is 0 Å². The molecule has 2 nitrogen and oxygen atoms in total. The SMILES string of the molecule is O=Cc1cc(C=CCCBr)cc(OC(F)(F)F)c1. The smallest absolute Gasteiger partial charge is 0.406 e. The summed E-state index contributed by atoms with van der Waals surface area (Å²) in [6, 6.07) is 3.76. The van der Waals surface area contributed by atoms with Crippen molar-refractivity contribution >= 4 is 28.3 Å². The largest absolute Gasteiger partial charge is 0.573 e. The number of benzene rings is 1. The fraction of sp³-hybridized carbons (Fsp3) is 0.250. The predicted octanol–water partition coefficient (Wildman–Crippen LogP) is 4.20. The third-order valence-corrected chi connectivity index (χ3v) is 2.36. The minimum absolute atomic E-state index is 0.134. The summed E-state index contributed by atoms with van der Waals surface area (Å²) in [6.07, 6.45) is -0.127. The standard InChI is InChI=1S/C12H10BrF3O2/c13-4-2-1-3-9-5-10(8-17)7-11(6-9)18-12(14,15)16/h1,3,5-8H,2,4H2. The average molecular weight is 323 g/mol. The number of halogens is 4. The van der Waals surface area contributed by atoms with Crippen LogP contribution in [-0.2, 0) is 0 Å². The van der Waals surface area contributed by atoms with Crippen LogP contribution in [0.5, 0.6) is 5.75 Å². The second-order valence-corrected chi connectivity index (χ2v) is 4.17. The van der Waals surface area contributed by atoms with Gasteiger partial charge >= 0.3 is 6.36 Å². The Hall–Kier alpha value is -1.30.